The summed E-state index contributed by atoms with van der Waals surface area (Å²) in [5, 5.41) is 3.40. The maximum atomic E-state index is 13.7. The first-order valence-corrected chi connectivity index (χ1v) is 8.81. The molecule has 1 aliphatic rings. The summed E-state index contributed by atoms with van der Waals surface area (Å²) in [6, 6.07) is 12.3. The number of benzene rings is 1. The molecule has 26 heavy (non-hydrogen) atoms. The Morgan fingerprint density at radius 1 is 0.923 bits per heavy atom. The van der Waals surface area contributed by atoms with Crippen LogP contribution in [0.5, 0.6) is 0 Å². The molecule has 1 N–H and O–H groups in total. The van der Waals surface area contributed by atoms with Gasteiger partial charge in [-0.15, -0.1) is 0 Å². The molecule has 0 aliphatic carbocycles. The predicted octanol–water partition coefficient (Wildman–Crippen LogP) is 3.14. The molecule has 1 saturated heterocycles. The number of nitrogens with zero attached hydrogens (tertiary/aromatic N) is 4. The minimum Gasteiger partial charge on any atom is -0.355 e. The molecule has 3 aromatic rings. The molecule has 0 bridgehead atoms. The summed E-state index contributed by atoms with van der Waals surface area (Å²) in [6.07, 6.45) is 4.55. The zero-order valence-corrected chi connectivity index (χ0v) is 14.4. The third kappa shape index (κ3) is 3.70. The molecule has 0 saturated carbocycles. The molecule has 0 unspecified atom stereocenters. The first-order chi connectivity index (χ1) is 12.8. The Kier molecular flexibility index (Phi) is 4.84. The molecular weight excluding hydrogens is 329 g/mol. The summed E-state index contributed by atoms with van der Waals surface area (Å²) >= 11 is 0. The second-order valence-electron chi connectivity index (χ2n) is 6.27. The summed E-state index contributed by atoms with van der Waals surface area (Å²) < 4.78 is 13.7. The highest BCUT2D eigenvalue weighted by Crippen LogP contribution is 2.26. The van der Waals surface area contributed by atoms with Crippen LogP contribution >= 0.6 is 0 Å². The summed E-state index contributed by atoms with van der Waals surface area (Å²) in [5.74, 6) is 1.11. The normalized spacial score (nSPS) is 14.9. The van der Waals surface area contributed by atoms with Crippen LogP contribution in [0.3, 0.4) is 0 Å². The monoisotopic (exact) mass is 349 g/mol. The van der Waals surface area contributed by atoms with Crippen LogP contribution in [0.25, 0.3) is 22.6 Å². The second-order valence-corrected chi connectivity index (χ2v) is 6.27. The van der Waals surface area contributed by atoms with Gasteiger partial charge in [0.25, 0.3) is 0 Å². The number of rotatable bonds is 3. The van der Waals surface area contributed by atoms with Crippen LogP contribution in [0.15, 0.2) is 54.9 Å². The van der Waals surface area contributed by atoms with Crippen molar-refractivity contribution in [3.05, 3.63) is 60.7 Å². The molecular formula is C20H20FN5. The highest BCUT2D eigenvalue weighted by atomic mass is 19.1. The first-order valence-electron chi connectivity index (χ1n) is 8.81. The molecule has 4 rings (SSSR count). The van der Waals surface area contributed by atoms with Crippen molar-refractivity contribution in [1.82, 2.24) is 20.3 Å². The van der Waals surface area contributed by atoms with Gasteiger partial charge in [-0.1, -0.05) is 12.1 Å². The van der Waals surface area contributed by atoms with Gasteiger partial charge in [0.1, 0.15) is 11.6 Å². The molecule has 0 atom stereocenters. The summed E-state index contributed by atoms with van der Waals surface area (Å²) in [5.41, 5.74) is 2.46. The quantitative estimate of drug-likeness (QED) is 0.787. The first kappa shape index (κ1) is 16.6. The SMILES string of the molecule is Fc1cccc(-c2nc(-c3ccncc3)cc(N3CCCNCC3)n2)c1. The number of hydrogen-bond donors (Lipinski definition) is 1. The second kappa shape index (κ2) is 7.58. The van der Waals surface area contributed by atoms with Gasteiger partial charge in [-0.2, -0.15) is 0 Å². The highest BCUT2D eigenvalue weighted by Gasteiger charge is 2.15. The zero-order valence-electron chi connectivity index (χ0n) is 14.4. The standard InChI is InChI=1S/C20H20FN5/c21-17-4-1-3-16(13-17)20-24-18(15-5-8-23-9-6-15)14-19(25-20)26-11-2-7-22-10-12-26/h1,3-6,8-9,13-14,22H,2,7,10-12H2. The minimum atomic E-state index is -0.291. The third-order valence-corrected chi connectivity index (χ3v) is 4.44. The lowest BCUT2D eigenvalue weighted by atomic mass is 10.1. The van der Waals surface area contributed by atoms with Gasteiger partial charge >= 0.3 is 0 Å². The van der Waals surface area contributed by atoms with Gasteiger partial charge in [0.05, 0.1) is 5.69 Å². The molecule has 2 aromatic heterocycles. The van der Waals surface area contributed by atoms with E-state index in [2.05, 4.69) is 20.2 Å². The van der Waals surface area contributed by atoms with Crippen LogP contribution in [0.1, 0.15) is 6.42 Å². The van der Waals surface area contributed by atoms with E-state index in [1.54, 1.807) is 18.5 Å². The Morgan fingerprint density at radius 3 is 2.65 bits per heavy atom. The molecule has 0 amide bonds. The molecule has 0 spiro atoms. The van der Waals surface area contributed by atoms with Crippen LogP contribution in [-0.2, 0) is 0 Å². The third-order valence-electron chi connectivity index (χ3n) is 4.44. The van der Waals surface area contributed by atoms with E-state index in [1.807, 2.05) is 24.3 Å². The molecule has 6 heteroatoms. The average Bonchev–Trinajstić information content (AvgIpc) is 2.98. The maximum absolute atomic E-state index is 13.7. The van der Waals surface area contributed by atoms with E-state index < -0.39 is 0 Å². The molecule has 1 fully saturated rings. The van der Waals surface area contributed by atoms with Crippen molar-refractivity contribution in [1.29, 1.82) is 0 Å². The van der Waals surface area contributed by atoms with Gasteiger partial charge in [0.2, 0.25) is 0 Å². The number of pyridine rings is 1. The van der Waals surface area contributed by atoms with Crippen molar-refractivity contribution in [2.24, 2.45) is 0 Å². The maximum Gasteiger partial charge on any atom is 0.162 e. The smallest absolute Gasteiger partial charge is 0.162 e. The van der Waals surface area contributed by atoms with Crippen LogP contribution < -0.4 is 10.2 Å². The van der Waals surface area contributed by atoms with E-state index in [1.165, 1.54) is 12.1 Å². The van der Waals surface area contributed by atoms with E-state index in [0.29, 0.717) is 11.4 Å². The van der Waals surface area contributed by atoms with E-state index in [9.17, 15) is 4.39 Å². The van der Waals surface area contributed by atoms with Crippen molar-refractivity contribution in [3.63, 3.8) is 0 Å². The predicted molar refractivity (Wildman–Crippen MR) is 100 cm³/mol. The van der Waals surface area contributed by atoms with E-state index in [0.717, 1.165) is 49.7 Å². The molecule has 1 aliphatic heterocycles. The van der Waals surface area contributed by atoms with Crippen molar-refractivity contribution >= 4 is 5.82 Å². The number of aromatic nitrogens is 3. The molecule has 1 aromatic carbocycles. The van der Waals surface area contributed by atoms with E-state index in [4.69, 9.17) is 4.98 Å². The van der Waals surface area contributed by atoms with Gasteiger partial charge in [-0.05, 0) is 37.2 Å². The van der Waals surface area contributed by atoms with Gasteiger partial charge in [0.15, 0.2) is 5.82 Å². The van der Waals surface area contributed by atoms with Gasteiger partial charge in [0, 0.05) is 49.2 Å². The largest absolute Gasteiger partial charge is 0.355 e. The number of halogens is 1. The summed E-state index contributed by atoms with van der Waals surface area (Å²) in [4.78, 5) is 15.8. The van der Waals surface area contributed by atoms with Crippen molar-refractivity contribution in [2.75, 3.05) is 31.1 Å². The number of hydrogen-bond acceptors (Lipinski definition) is 5. The fourth-order valence-corrected chi connectivity index (χ4v) is 3.10. The van der Waals surface area contributed by atoms with Gasteiger partial charge in [-0.25, -0.2) is 14.4 Å². The highest BCUT2D eigenvalue weighted by molar-refractivity contribution is 5.67. The topological polar surface area (TPSA) is 53.9 Å². The molecule has 0 radical (unpaired) electrons. The zero-order chi connectivity index (χ0) is 17.8. The Morgan fingerprint density at radius 2 is 1.81 bits per heavy atom. The lowest BCUT2D eigenvalue weighted by Gasteiger charge is -2.22. The molecule has 5 nitrogen and oxygen atoms in total. The van der Waals surface area contributed by atoms with Crippen LogP contribution in [-0.4, -0.2) is 41.1 Å². The Hall–Kier alpha value is -2.86. The summed E-state index contributed by atoms with van der Waals surface area (Å²) in [6.45, 7) is 3.75. The average molecular weight is 349 g/mol. The van der Waals surface area contributed by atoms with Crippen LogP contribution in [0, 0.1) is 5.82 Å². The fraction of sp³-hybridized carbons (Fsp3) is 0.250. The Bertz CT molecular complexity index is 876. The lowest BCUT2D eigenvalue weighted by molar-refractivity contribution is 0.628. The minimum absolute atomic E-state index is 0.291. The molecule has 3 heterocycles. The van der Waals surface area contributed by atoms with E-state index >= 15 is 0 Å². The number of anilines is 1. The fourth-order valence-electron chi connectivity index (χ4n) is 3.10. The van der Waals surface area contributed by atoms with Crippen LogP contribution in [0.2, 0.25) is 0 Å². The van der Waals surface area contributed by atoms with Gasteiger partial charge in [-0.3, -0.25) is 4.98 Å². The van der Waals surface area contributed by atoms with Crippen molar-refractivity contribution in [3.8, 4) is 22.6 Å². The Labute approximate surface area is 151 Å². The van der Waals surface area contributed by atoms with Crippen molar-refractivity contribution in [2.45, 2.75) is 6.42 Å². The van der Waals surface area contributed by atoms with Gasteiger partial charge < -0.3 is 10.2 Å². The Balaban J connectivity index is 1.81. The van der Waals surface area contributed by atoms with Crippen molar-refractivity contribution < 1.29 is 4.39 Å². The van der Waals surface area contributed by atoms with Crippen LogP contribution in [0.4, 0.5) is 10.2 Å². The molecule has 132 valence electrons. The summed E-state index contributed by atoms with van der Waals surface area (Å²) in [7, 11) is 0. The lowest BCUT2D eigenvalue weighted by Crippen LogP contribution is -2.28. The van der Waals surface area contributed by atoms with E-state index in [-0.39, 0.29) is 5.82 Å². The number of nitrogens with one attached hydrogen (secondary N) is 1.